The van der Waals surface area contributed by atoms with Crippen LogP contribution < -0.4 is 9.47 Å². The fourth-order valence-corrected chi connectivity index (χ4v) is 1.53. The van der Waals surface area contributed by atoms with E-state index in [-0.39, 0.29) is 19.0 Å². The van der Waals surface area contributed by atoms with Crippen LogP contribution in [0.5, 0.6) is 11.5 Å². The number of benzene rings is 1. The molecule has 2 rings (SSSR count). The Labute approximate surface area is 105 Å². The van der Waals surface area contributed by atoms with E-state index in [0.717, 1.165) is 12.8 Å². The molecule has 1 aromatic carbocycles. The third kappa shape index (κ3) is 2.61. The van der Waals surface area contributed by atoms with Crippen LogP contribution in [0.2, 0.25) is 0 Å². The number of unbranched alkanes of at least 4 members (excludes halogenated alkanes) is 1. The summed E-state index contributed by atoms with van der Waals surface area (Å²) >= 11 is 0. The molecule has 0 aliphatic carbocycles. The number of ether oxygens (including phenoxy) is 3. The Hall–Kier alpha value is -2.04. The van der Waals surface area contributed by atoms with Gasteiger partial charge in [0.1, 0.15) is 0 Å². The first-order valence-electron chi connectivity index (χ1n) is 5.83. The standard InChI is InChI=1S/C13H14O5/c1-2-3-6-16-13(15)12(14)9-4-5-10-11(7-9)18-8-17-10/h4-5,7H,2-3,6,8H2,1H3. The average molecular weight is 250 g/mol. The van der Waals surface area contributed by atoms with E-state index in [1.807, 2.05) is 6.92 Å². The van der Waals surface area contributed by atoms with Crippen LogP contribution in [-0.2, 0) is 9.53 Å². The van der Waals surface area contributed by atoms with Crippen molar-refractivity contribution < 1.29 is 23.8 Å². The molecule has 0 saturated heterocycles. The topological polar surface area (TPSA) is 61.8 Å². The van der Waals surface area contributed by atoms with E-state index in [0.29, 0.717) is 11.5 Å². The van der Waals surface area contributed by atoms with Crippen molar-refractivity contribution in [1.82, 2.24) is 0 Å². The number of rotatable bonds is 5. The number of fused-ring (bicyclic) bond motifs is 1. The Kier molecular flexibility index (Phi) is 3.82. The lowest BCUT2D eigenvalue weighted by molar-refractivity contribution is -0.138. The van der Waals surface area contributed by atoms with Crippen LogP contribution in [-0.4, -0.2) is 25.2 Å². The molecule has 1 aliphatic rings. The van der Waals surface area contributed by atoms with E-state index in [9.17, 15) is 9.59 Å². The lowest BCUT2D eigenvalue weighted by atomic mass is 10.1. The molecular formula is C13H14O5. The van der Waals surface area contributed by atoms with Gasteiger partial charge in [0.25, 0.3) is 5.78 Å². The molecule has 1 aromatic rings. The molecule has 1 heterocycles. The summed E-state index contributed by atoms with van der Waals surface area (Å²) in [5.74, 6) is -0.445. The second-order valence-electron chi connectivity index (χ2n) is 3.89. The first kappa shape index (κ1) is 12.4. The van der Waals surface area contributed by atoms with Crippen molar-refractivity contribution in [2.24, 2.45) is 0 Å². The van der Waals surface area contributed by atoms with Crippen LogP contribution in [0.3, 0.4) is 0 Å². The maximum atomic E-state index is 11.8. The molecule has 96 valence electrons. The molecule has 18 heavy (non-hydrogen) atoms. The highest BCUT2D eigenvalue weighted by Crippen LogP contribution is 2.32. The van der Waals surface area contributed by atoms with Crippen molar-refractivity contribution in [2.75, 3.05) is 13.4 Å². The lowest BCUT2D eigenvalue weighted by Crippen LogP contribution is -2.18. The maximum Gasteiger partial charge on any atom is 0.379 e. The number of ketones is 1. The Bertz CT molecular complexity index is 466. The summed E-state index contributed by atoms with van der Waals surface area (Å²) in [6.07, 6.45) is 1.66. The molecule has 0 bridgehead atoms. The number of esters is 1. The van der Waals surface area contributed by atoms with Crippen LogP contribution in [0.15, 0.2) is 18.2 Å². The van der Waals surface area contributed by atoms with Crippen molar-refractivity contribution in [3.63, 3.8) is 0 Å². The molecule has 0 spiro atoms. The predicted molar refractivity (Wildman–Crippen MR) is 62.8 cm³/mol. The zero-order valence-electron chi connectivity index (χ0n) is 10.1. The van der Waals surface area contributed by atoms with Crippen molar-refractivity contribution >= 4 is 11.8 Å². The molecule has 0 amide bonds. The average Bonchev–Trinajstić information content (AvgIpc) is 2.85. The van der Waals surface area contributed by atoms with E-state index in [2.05, 4.69) is 0 Å². The molecule has 0 fully saturated rings. The fourth-order valence-electron chi connectivity index (χ4n) is 1.53. The summed E-state index contributed by atoms with van der Waals surface area (Å²) in [5.41, 5.74) is 0.251. The smallest absolute Gasteiger partial charge is 0.379 e. The lowest BCUT2D eigenvalue weighted by Gasteiger charge is -2.03. The van der Waals surface area contributed by atoms with Gasteiger partial charge >= 0.3 is 5.97 Å². The van der Waals surface area contributed by atoms with Crippen LogP contribution in [0.4, 0.5) is 0 Å². The maximum absolute atomic E-state index is 11.8. The molecule has 1 aliphatic heterocycles. The van der Waals surface area contributed by atoms with Gasteiger partial charge in [-0.1, -0.05) is 13.3 Å². The third-order valence-electron chi connectivity index (χ3n) is 2.55. The van der Waals surface area contributed by atoms with E-state index in [1.165, 1.54) is 12.1 Å². The summed E-state index contributed by atoms with van der Waals surface area (Å²) in [6, 6.07) is 4.62. The first-order chi connectivity index (χ1) is 8.72. The zero-order valence-corrected chi connectivity index (χ0v) is 10.1. The Morgan fingerprint density at radius 1 is 1.28 bits per heavy atom. The summed E-state index contributed by atoms with van der Waals surface area (Å²) < 4.78 is 15.1. The van der Waals surface area contributed by atoms with Gasteiger partial charge in [0, 0.05) is 5.56 Å². The summed E-state index contributed by atoms with van der Waals surface area (Å²) in [7, 11) is 0. The zero-order chi connectivity index (χ0) is 13.0. The number of carbonyl (C=O) groups is 2. The van der Waals surface area contributed by atoms with Crippen LogP contribution in [0.25, 0.3) is 0 Å². The molecule has 0 N–H and O–H groups in total. The van der Waals surface area contributed by atoms with Gasteiger partial charge in [-0.3, -0.25) is 4.79 Å². The van der Waals surface area contributed by atoms with E-state index < -0.39 is 11.8 Å². The van der Waals surface area contributed by atoms with Gasteiger partial charge in [-0.25, -0.2) is 4.79 Å². The van der Waals surface area contributed by atoms with Crippen LogP contribution in [0.1, 0.15) is 30.1 Å². The molecule has 0 unspecified atom stereocenters. The van der Waals surface area contributed by atoms with Crippen LogP contribution in [0, 0.1) is 0 Å². The number of hydrogen-bond donors (Lipinski definition) is 0. The van der Waals surface area contributed by atoms with E-state index in [4.69, 9.17) is 14.2 Å². The molecule has 0 aromatic heterocycles. The number of hydrogen-bond acceptors (Lipinski definition) is 5. The molecule has 0 radical (unpaired) electrons. The SMILES string of the molecule is CCCCOC(=O)C(=O)c1ccc2c(c1)OCO2. The van der Waals surface area contributed by atoms with Gasteiger partial charge < -0.3 is 14.2 Å². The Balaban J connectivity index is 2.02. The second-order valence-corrected chi connectivity index (χ2v) is 3.89. The minimum Gasteiger partial charge on any atom is -0.460 e. The van der Waals surface area contributed by atoms with Gasteiger partial charge in [0.2, 0.25) is 6.79 Å². The monoisotopic (exact) mass is 250 g/mol. The van der Waals surface area contributed by atoms with Crippen molar-refractivity contribution in [3.05, 3.63) is 23.8 Å². The Morgan fingerprint density at radius 2 is 2.06 bits per heavy atom. The number of Topliss-reactive ketones (excluding diaryl/α,β-unsaturated/α-hetero) is 1. The van der Waals surface area contributed by atoms with E-state index in [1.54, 1.807) is 6.07 Å². The van der Waals surface area contributed by atoms with Crippen molar-refractivity contribution in [1.29, 1.82) is 0 Å². The largest absolute Gasteiger partial charge is 0.460 e. The highest BCUT2D eigenvalue weighted by atomic mass is 16.7. The summed E-state index contributed by atoms with van der Waals surface area (Å²) in [4.78, 5) is 23.2. The van der Waals surface area contributed by atoms with Crippen molar-refractivity contribution in [3.8, 4) is 11.5 Å². The normalized spacial score (nSPS) is 12.3. The fraction of sp³-hybridized carbons (Fsp3) is 0.385. The molecule has 5 heteroatoms. The van der Waals surface area contributed by atoms with Crippen LogP contribution >= 0.6 is 0 Å². The van der Waals surface area contributed by atoms with Gasteiger partial charge in [-0.15, -0.1) is 0 Å². The highest BCUT2D eigenvalue weighted by molar-refractivity contribution is 6.40. The number of carbonyl (C=O) groups excluding carboxylic acids is 2. The Morgan fingerprint density at radius 3 is 2.83 bits per heavy atom. The highest BCUT2D eigenvalue weighted by Gasteiger charge is 2.21. The first-order valence-corrected chi connectivity index (χ1v) is 5.83. The summed E-state index contributed by atoms with van der Waals surface area (Å²) in [6.45, 7) is 2.38. The molecular weight excluding hydrogens is 236 g/mol. The molecule has 5 nitrogen and oxygen atoms in total. The van der Waals surface area contributed by atoms with Crippen molar-refractivity contribution in [2.45, 2.75) is 19.8 Å². The minimum atomic E-state index is -0.831. The van der Waals surface area contributed by atoms with Gasteiger partial charge in [0.15, 0.2) is 11.5 Å². The van der Waals surface area contributed by atoms with E-state index >= 15 is 0 Å². The quantitative estimate of drug-likeness (QED) is 0.346. The third-order valence-corrected chi connectivity index (χ3v) is 2.55. The minimum absolute atomic E-state index is 0.133. The second kappa shape index (κ2) is 5.53. The van der Waals surface area contributed by atoms with Gasteiger partial charge in [-0.2, -0.15) is 0 Å². The molecule has 0 atom stereocenters. The summed E-state index contributed by atoms with van der Waals surface area (Å²) in [5, 5.41) is 0. The van der Waals surface area contributed by atoms with Gasteiger partial charge in [0.05, 0.1) is 6.61 Å². The van der Waals surface area contributed by atoms with Gasteiger partial charge in [-0.05, 0) is 24.6 Å². The molecule has 0 saturated carbocycles. The predicted octanol–water partition coefficient (Wildman–Crippen LogP) is 1.94.